The first kappa shape index (κ1) is 22.5. The lowest BCUT2D eigenvalue weighted by Gasteiger charge is -1.56. The molecule has 0 amide bonds. The van der Waals surface area contributed by atoms with Crippen LogP contribution in [0.3, 0.4) is 0 Å². The summed E-state index contributed by atoms with van der Waals surface area (Å²) in [5.41, 5.74) is 0. The summed E-state index contributed by atoms with van der Waals surface area (Å²) in [6, 6.07) is 0. The van der Waals surface area contributed by atoms with Crippen LogP contribution in [0, 0.1) is 0 Å². The molecule has 0 atom stereocenters. The van der Waals surface area contributed by atoms with Crippen LogP contribution in [0.25, 0.3) is 0 Å². The fourth-order valence-corrected chi connectivity index (χ4v) is 0. The quantitative estimate of drug-likeness (QED) is 0.548. The maximum Gasteiger partial charge on any atom is 0.126 e. The number of carbonyl (C=O) groups is 2. The standard InChI is InChI=1S/2C3H6O.CH4O.H2O/c2*1-3(2)4;1-2;/h2*1-2H3;2H,1H3;1H2. The molecule has 0 unspecified atom stereocenters. The molecule has 0 aliphatic rings. The van der Waals surface area contributed by atoms with E-state index in [0.29, 0.717) is 0 Å². The number of Topliss-reactive ketones (excluding diaryl/α,β-unsaturated/α-hetero) is 2. The Bertz CT molecular complexity index is 68.4. The minimum absolute atomic E-state index is 0. The van der Waals surface area contributed by atoms with E-state index < -0.39 is 0 Å². The van der Waals surface area contributed by atoms with Gasteiger partial charge in [0.05, 0.1) is 0 Å². The maximum atomic E-state index is 9.44. The molecular weight excluding hydrogens is 148 g/mol. The van der Waals surface area contributed by atoms with Gasteiger partial charge in [0.2, 0.25) is 0 Å². The third kappa shape index (κ3) is 891. The fourth-order valence-electron chi connectivity index (χ4n) is 0. The van der Waals surface area contributed by atoms with Gasteiger partial charge in [-0.05, 0) is 27.7 Å². The Labute approximate surface area is 67.5 Å². The fraction of sp³-hybridized carbons (Fsp3) is 0.714. The lowest BCUT2D eigenvalue weighted by molar-refractivity contribution is -0.115. The van der Waals surface area contributed by atoms with E-state index in [0.717, 1.165) is 7.11 Å². The molecule has 0 fully saturated rings. The highest BCUT2D eigenvalue weighted by atomic mass is 16.2. The number of rotatable bonds is 0. The Hall–Kier alpha value is -0.740. The van der Waals surface area contributed by atoms with Crippen molar-refractivity contribution in [1.82, 2.24) is 0 Å². The average molecular weight is 166 g/mol. The van der Waals surface area contributed by atoms with Gasteiger partial charge < -0.3 is 20.2 Å². The van der Waals surface area contributed by atoms with Crippen LogP contribution in [0.5, 0.6) is 0 Å². The third-order valence-electron chi connectivity index (χ3n) is 0. The number of aliphatic hydroxyl groups is 1. The SMILES string of the molecule is CC(C)=O.CC(C)=O.CO.O. The lowest BCUT2D eigenvalue weighted by atomic mass is 10.6. The highest BCUT2D eigenvalue weighted by Gasteiger charge is 1.62. The molecule has 4 heteroatoms. The molecule has 0 aliphatic heterocycles. The summed E-state index contributed by atoms with van der Waals surface area (Å²) in [5, 5.41) is 7.00. The van der Waals surface area contributed by atoms with Crippen LogP contribution in [-0.4, -0.2) is 29.3 Å². The van der Waals surface area contributed by atoms with E-state index in [2.05, 4.69) is 0 Å². The summed E-state index contributed by atoms with van der Waals surface area (Å²) in [6.45, 7) is 6.11. The highest BCUT2D eigenvalue weighted by Crippen LogP contribution is 1.50. The number of carbonyl (C=O) groups excluding carboxylic acids is 2. The Morgan fingerprint density at radius 1 is 0.818 bits per heavy atom. The molecular formula is C7H18O4. The van der Waals surface area contributed by atoms with E-state index in [4.69, 9.17) is 5.11 Å². The molecule has 0 saturated heterocycles. The summed E-state index contributed by atoms with van der Waals surface area (Å²) >= 11 is 0. The Kier molecular flexibility index (Phi) is 46.6. The van der Waals surface area contributed by atoms with Crippen molar-refractivity contribution in [2.75, 3.05) is 7.11 Å². The van der Waals surface area contributed by atoms with E-state index in [9.17, 15) is 9.59 Å². The molecule has 0 aromatic heterocycles. The van der Waals surface area contributed by atoms with E-state index >= 15 is 0 Å². The van der Waals surface area contributed by atoms with Crippen LogP contribution in [0.2, 0.25) is 0 Å². The molecule has 0 rings (SSSR count). The Morgan fingerprint density at radius 3 is 0.818 bits per heavy atom. The smallest absolute Gasteiger partial charge is 0.126 e. The minimum atomic E-state index is 0. The predicted octanol–water partition coefficient (Wildman–Crippen LogP) is -0.0256. The predicted molar refractivity (Wildman–Crippen MR) is 44.5 cm³/mol. The van der Waals surface area contributed by atoms with Crippen molar-refractivity contribution in [2.24, 2.45) is 0 Å². The third-order valence-corrected chi connectivity index (χ3v) is 0. The zero-order valence-corrected chi connectivity index (χ0v) is 7.76. The lowest BCUT2D eigenvalue weighted by Crippen LogP contribution is -1.69. The molecule has 0 bridgehead atoms. The van der Waals surface area contributed by atoms with Gasteiger partial charge in [0.1, 0.15) is 11.6 Å². The average Bonchev–Trinajstić information content (AvgIpc) is 1.66. The number of hydrogen-bond donors (Lipinski definition) is 1. The van der Waals surface area contributed by atoms with Gasteiger partial charge in [0, 0.05) is 7.11 Å². The summed E-state index contributed by atoms with van der Waals surface area (Å²) in [5.74, 6) is 0.333. The largest absolute Gasteiger partial charge is 0.412 e. The Morgan fingerprint density at radius 2 is 0.818 bits per heavy atom. The van der Waals surface area contributed by atoms with Gasteiger partial charge in [-0.2, -0.15) is 0 Å². The maximum absolute atomic E-state index is 9.44. The minimum Gasteiger partial charge on any atom is -0.412 e. The summed E-state index contributed by atoms with van der Waals surface area (Å²) < 4.78 is 0. The van der Waals surface area contributed by atoms with Crippen LogP contribution in [0.4, 0.5) is 0 Å². The van der Waals surface area contributed by atoms with E-state index in [1.165, 1.54) is 27.7 Å². The topological polar surface area (TPSA) is 85.9 Å². The molecule has 0 aliphatic carbocycles. The number of ketones is 2. The second kappa shape index (κ2) is 22.8. The summed E-state index contributed by atoms with van der Waals surface area (Å²) in [7, 11) is 1.00. The zero-order valence-electron chi connectivity index (χ0n) is 7.76. The monoisotopic (exact) mass is 166 g/mol. The van der Waals surface area contributed by atoms with Gasteiger partial charge >= 0.3 is 0 Å². The van der Waals surface area contributed by atoms with Crippen LogP contribution in [0.15, 0.2) is 0 Å². The van der Waals surface area contributed by atoms with E-state index in [1.807, 2.05) is 0 Å². The molecule has 0 aromatic carbocycles. The van der Waals surface area contributed by atoms with Crippen molar-refractivity contribution < 1.29 is 20.2 Å². The van der Waals surface area contributed by atoms with Gasteiger partial charge in [-0.25, -0.2) is 0 Å². The van der Waals surface area contributed by atoms with Crippen molar-refractivity contribution in [2.45, 2.75) is 27.7 Å². The first-order chi connectivity index (χ1) is 4.46. The highest BCUT2D eigenvalue weighted by molar-refractivity contribution is 5.72. The van der Waals surface area contributed by atoms with Crippen LogP contribution >= 0.6 is 0 Å². The molecule has 4 nitrogen and oxygen atoms in total. The van der Waals surface area contributed by atoms with E-state index in [-0.39, 0.29) is 17.0 Å². The molecule has 70 valence electrons. The van der Waals surface area contributed by atoms with Gasteiger partial charge in [-0.1, -0.05) is 0 Å². The van der Waals surface area contributed by atoms with Crippen molar-refractivity contribution >= 4 is 11.6 Å². The normalized spacial score (nSPS) is 5.27. The molecule has 3 N–H and O–H groups in total. The van der Waals surface area contributed by atoms with Crippen LogP contribution < -0.4 is 0 Å². The first-order valence-corrected chi connectivity index (χ1v) is 2.86. The summed E-state index contributed by atoms with van der Waals surface area (Å²) in [6.07, 6.45) is 0. The van der Waals surface area contributed by atoms with Crippen molar-refractivity contribution in [1.29, 1.82) is 0 Å². The van der Waals surface area contributed by atoms with Crippen molar-refractivity contribution in [3.8, 4) is 0 Å². The van der Waals surface area contributed by atoms with Gasteiger partial charge in [0.15, 0.2) is 0 Å². The van der Waals surface area contributed by atoms with Crippen molar-refractivity contribution in [3.05, 3.63) is 0 Å². The first-order valence-electron chi connectivity index (χ1n) is 2.86. The molecule has 11 heavy (non-hydrogen) atoms. The second-order valence-electron chi connectivity index (χ2n) is 1.82. The summed E-state index contributed by atoms with van der Waals surface area (Å²) in [4.78, 5) is 18.9. The number of hydrogen-bond acceptors (Lipinski definition) is 3. The molecule has 0 saturated carbocycles. The van der Waals surface area contributed by atoms with Gasteiger partial charge in [-0.15, -0.1) is 0 Å². The van der Waals surface area contributed by atoms with Gasteiger partial charge in [0.25, 0.3) is 0 Å². The second-order valence-corrected chi connectivity index (χ2v) is 1.82. The number of aliphatic hydroxyl groups excluding tert-OH is 1. The van der Waals surface area contributed by atoms with Crippen LogP contribution in [-0.2, 0) is 9.59 Å². The Balaban J connectivity index is -0.0000000339. The molecule has 0 heterocycles. The molecule has 0 spiro atoms. The van der Waals surface area contributed by atoms with Crippen LogP contribution in [0.1, 0.15) is 27.7 Å². The van der Waals surface area contributed by atoms with Gasteiger partial charge in [-0.3, -0.25) is 0 Å². The zero-order chi connectivity index (χ0) is 9.15. The van der Waals surface area contributed by atoms with Crippen molar-refractivity contribution in [3.63, 3.8) is 0 Å². The molecule has 0 radical (unpaired) electrons. The molecule has 0 aromatic rings. The van der Waals surface area contributed by atoms with E-state index in [1.54, 1.807) is 0 Å².